The third-order valence-corrected chi connectivity index (χ3v) is 7.28. The van der Waals surface area contributed by atoms with Crippen LogP contribution < -0.4 is 10.0 Å². The van der Waals surface area contributed by atoms with Crippen molar-refractivity contribution < 1.29 is 8.42 Å². The van der Waals surface area contributed by atoms with Crippen molar-refractivity contribution >= 4 is 32.7 Å². The van der Waals surface area contributed by atoms with Gasteiger partial charge in [-0.25, -0.2) is 13.1 Å². The van der Waals surface area contributed by atoms with Crippen LogP contribution in [0.3, 0.4) is 0 Å². The predicted octanol–water partition coefficient (Wildman–Crippen LogP) is 2.88. The summed E-state index contributed by atoms with van der Waals surface area (Å²) in [5.41, 5.74) is 1.15. The fourth-order valence-corrected chi connectivity index (χ4v) is 6.41. The monoisotopic (exact) mass is 342 g/mol. The Hall–Kier alpha value is -0.730. The van der Waals surface area contributed by atoms with E-state index >= 15 is 0 Å². The molecule has 0 fully saturated rings. The fourth-order valence-electron chi connectivity index (χ4n) is 2.72. The summed E-state index contributed by atoms with van der Waals surface area (Å²) >= 11 is 3.19. The maximum Gasteiger partial charge on any atom is 0.242 e. The van der Waals surface area contributed by atoms with Gasteiger partial charge >= 0.3 is 0 Å². The van der Waals surface area contributed by atoms with Crippen LogP contribution in [0, 0.1) is 0 Å². The van der Waals surface area contributed by atoms with Gasteiger partial charge in [-0.2, -0.15) is 0 Å². The summed E-state index contributed by atoms with van der Waals surface area (Å²) < 4.78 is 28.2. The van der Waals surface area contributed by atoms with Crippen LogP contribution in [-0.4, -0.2) is 15.5 Å². The first-order valence-corrected chi connectivity index (χ1v) is 10.2. The Bertz CT molecular complexity index is 718. The maximum absolute atomic E-state index is 12.7. The average molecular weight is 343 g/mol. The van der Waals surface area contributed by atoms with E-state index in [4.69, 9.17) is 0 Å². The Morgan fingerprint density at radius 2 is 2.10 bits per heavy atom. The minimum atomic E-state index is -3.46. The smallest absolute Gasteiger partial charge is 0.242 e. The molecular weight excluding hydrogens is 324 g/mol. The number of sulfonamides is 1. The zero-order valence-corrected chi connectivity index (χ0v) is 14.2. The van der Waals surface area contributed by atoms with Gasteiger partial charge in [0.2, 0.25) is 10.0 Å². The van der Waals surface area contributed by atoms with Crippen LogP contribution in [0.15, 0.2) is 27.8 Å². The Kier molecular flexibility index (Phi) is 4.46. The molecule has 0 aromatic carbocycles. The van der Waals surface area contributed by atoms with E-state index in [2.05, 4.69) is 16.1 Å². The number of aryl methyl sites for hydroxylation is 1. The lowest BCUT2D eigenvalue weighted by atomic mass is 9.95. The van der Waals surface area contributed by atoms with E-state index in [1.54, 1.807) is 17.4 Å². The number of fused-ring (bicyclic) bond motifs is 1. The molecule has 0 amide bonds. The van der Waals surface area contributed by atoms with E-state index in [1.807, 2.05) is 17.8 Å². The first kappa shape index (κ1) is 15.2. The highest BCUT2D eigenvalue weighted by molar-refractivity contribution is 7.89. The van der Waals surface area contributed by atoms with Crippen molar-refractivity contribution in [2.24, 2.45) is 0 Å². The molecule has 1 atom stereocenters. The van der Waals surface area contributed by atoms with Gasteiger partial charge in [-0.3, -0.25) is 0 Å². The molecule has 1 unspecified atom stereocenters. The zero-order valence-electron chi connectivity index (χ0n) is 11.8. The topological polar surface area (TPSA) is 58.2 Å². The van der Waals surface area contributed by atoms with Gasteiger partial charge in [-0.15, -0.1) is 22.7 Å². The number of rotatable bonds is 5. The second-order valence-electron chi connectivity index (χ2n) is 5.10. The summed E-state index contributed by atoms with van der Waals surface area (Å²) in [5, 5.41) is 6.90. The quantitative estimate of drug-likeness (QED) is 0.878. The van der Waals surface area contributed by atoms with Crippen LogP contribution >= 0.6 is 22.7 Å². The maximum atomic E-state index is 12.7. The minimum Gasteiger partial charge on any atom is -0.315 e. The van der Waals surface area contributed by atoms with E-state index in [1.165, 1.54) is 16.2 Å². The van der Waals surface area contributed by atoms with Crippen LogP contribution in [0.4, 0.5) is 0 Å². The summed E-state index contributed by atoms with van der Waals surface area (Å²) in [5.74, 6) is 0. The Morgan fingerprint density at radius 3 is 2.90 bits per heavy atom. The SMILES string of the molecule is CNCc1sccc1S(=O)(=O)NC1CCCc2sccc21. The molecule has 0 saturated carbocycles. The molecule has 0 bridgehead atoms. The van der Waals surface area contributed by atoms with Gasteiger partial charge < -0.3 is 5.32 Å². The Labute approximate surface area is 133 Å². The van der Waals surface area contributed by atoms with Gasteiger partial charge in [-0.05, 0) is 54.8 Å². The molecule has 1 aliphatic carbocycles. The molecule has 2 heterocycles. The van der Waals surface area contributed by atoms with Crippen molar-refractivity contribution in [3.05, 3.63) is 38.2 Å². The normalized spacial score (nSPS) is 18.6. The van der Waals surface area contributed by atoms with Crippen molar-refractivity contribution in [3.63, 3.8) is 0 Å². The highest BCUT2D eigenvalue weighted by Crippen LogP contribution is 2.34. The molecule has 0 aliphatic heterocycles. The van der Waals surface area contributed by atoms with Crippen molar-refractivity contribution in [1.82, 2.24) is 10.0 Å². The Balaban J connectivity index is 1.86. The van der Waals surface area contributed by atoms with Crippen molar-refractivity contribution in [1.29, 1.82) is 0 Å². The number of thiophene rings is 2. The number of hydrogen-bond acceptors (Lipinski definition) is 5. The highest BCUT2D eigenvalue weighted by Gasteiger charge is 2.28. The highest BCUT2D eigenvalue weighted by atomic mass is 32.2. The second-order valence-corrected chi connectivity index (χ2v) is 8.79. The number of hydrogen-bond donors (Lipinski definition) is 2. The largest absolute Gasteiger partial charge is 0.315 e. The summed E-state index contributed by atoms with van der Waals surface area (Å²) in [4.78, 5) is 2.57. The average Bonchev–Trinajstić information content (AvgIpc) is 3.07. The molecule has 1 aliphatic rings. The lowest BCUT2D eigenvalue weighted by molar-refractivity contribution is 0.511. The third kappa shape index (κ3) is 3.07. The summed E-state index contributed by atoms with van der Waals surface area (Å²) in [6, 6.07) is 3.65. The molecule has 0 radical (unpaired) electrons. The van der Waals surface area contributed by atoms with Gasteiger partial charge in [0.25, 0.3) is 0 Å². The first-order chi connectivity index (χ1) is 10.1. The van der Waals surface area contributed by atoms with Crippen LogP contribution in [0.25, 0.3) is 0 Å². The molecule has 2 aromatic rings. The van der Waals surface area contributed by atoms with Crippen molar-refractivity contribution in [2.75, 3.05) is 7.05 Å². The van der Waals surface area contributed by atoms with Crippen LogP contribution in [0.1, 0.15) is 34.2 Å². The summed E-state index contributed by atoms with van der Waals surface area (Å²) in [6.45, 7) is 0.572. The van der Waals surface area contributed by atoms with Gasteiger partial charge in [0.1, 0.15) is 0 Å². The first-order valence-electron chi connectivity index (χ1n) is 6.91. The standard InChI is InChI=1S/C14H18N2O2S3/c1-15-9-13-14(6-8-20-13)21(17,18)16-11-3-2-4-12-10(11)5-7-19-12/h5-8,11,15-16H,2-4,9H2,1H3. The molecular formula is C14H18N2O2S3. The molecule has 7 heteroatoms. The summed E-state index contributed by atoms with van der Waals surface area (Å²) in [6.07, 6.45) is 2.97. The summed E-state index contributed by atoms with van der Waals surface area (Å²) in [7, 11) is -1.64. The molecule has 2 aromatic heterocycles. The van der Waals surface area contributed by atoms with Gasteiger partial charge in [0, 0.05) is 22.3 Å². The minimum absolute atomic E-state index is 0.0904. The lowest BCUT2D eigenvalue weighted by Crippen LogP contribution is -2.31. The van der Waals surface area contributed by atoms with Gasteiger partial charge in [0.05, 0.1) is 4.90 Å². The fraction of sp³-hybridized carbons (Fsp3) is 0.429. The van der Waals surface area contributed by atoms with Gasteiger partial charge in [0.15, 0.2) is 0 Å². The number of nitrogens with one attached hydrogen (secondary N) is 2. The molecule has 3 rings (SSSR count). The Morgan fingerprint density at radius 1 is 1.29 bits per heavy atom. The molecule has 114 valence electrons. The third-order valence-electron chi connectivity index (χ3n) is 3.68. The molecule has 0 spiro atoms. The van der Waals surface area contributed by atoms with Crippen molar-refractivity contribution in [3.8, 4) is 0 Å². The van der Waals surface area contributed by atoms with E-state index < -0.39 is 10.0 Å². The van der Waals surface area contributed by atoms with Crippen LogP contribution in [0.2, 0.25) is 0 Å². The van der Waals surface area contributed by atoms with Crippen LogP contribution in [-0.2, 0) is 23.0 Å². The molecule has 2 N–H and O–H groups in total. The van der Waals surface area contributed by atoms with Gasteiger partial charge in [-0.1, -0.05) is 0 Å². The zero-order chi connectivity index (χ0) is 14.9. The molecule has 4 nitrogen and oxygen atoms in total. The van der Waals surface area contributed by atoms with Crippen molar-refractivity contribution in [2.45, 2.75) is 36.7 Å². The molecule has 21 heavy (non-hydrogen) atoms. The predicted molar refractivity (Wildman–Crippen MR) is 87.4 cm³/mol. The van der Waals surface area contributed by atoms with Crippen LogP contribution in [0.5, 0.6) is 0 Å². The second kappa shape index (κ2) is 6.18. The van der Waals surface area contributed by atoms with E-state index in [9.17, 15) is 8.42 Å². The molecule has 0 saturated heterocycles. The van der Waals surface area contributed by atoms with E-state index in [0.717, 1.165) is 29.7 Å². The van der Waals surface area contributed by atoms with E-state index in [0.29, 0.717) is 11.4 Å². The lowest BCUT2D eigenvalue weighted by Gasteiger charge is -2.23. The van der Waals surface area contributed by atoms with E-state index in [-0.39, 0.29) is 6.04 Å².